The zero-order chi connectivity index (χ0) is 22.1. The van der Waals surface area contributed by atoms with Crippen LogP contribution in [0, 0.1) is 17.8 Å². The molecule has 2 atom stereocenters. The molecule has 2 fully saturated rings. The Morgan fingerprint density at radius 3 is 2.20 bits per heavy atom. The second-order valence-electron chi connectivity index (χ2n) is 9.19. The van der Waals surface area contributed by atoms with Gasteiger partial charge in [-0.15, -0.1) is 0 Å². The van der Waals surface area contributed by atoms with Crippen LogP contribution in [0.4, 0.5) is 0 Å². The summed E-state index contributed by atoms with van der Waals surface area (Å²) >= 11 is 0. The number of nitrogens with one attached hydrogen (secondary N) is 2. The first-order valence-electron chi connectivity index (χ1n) is 11.6. The molecule has 0 radical (unpaired) electrons. The number of likely N-dealkylation sites (tertiary alicyclic amines) is 1. The van der Waals surface area contributed by atoms with Gasteiger partial charge in [-0.1, -0.05) is 27.7 Å². The Labute approximate surface area is 182 Å². The first-order valence-corrected chi connectivity index (χ1v) is 11.6. The maximum absolute atomic E-state index is 12.8. The fourth-order valence-corrected chi connectivity index (χ4v) is 4.25. The quantitative estimate of drug-likeness (QED) is 0.361. The van der Waals surface area contributed by atoms with Crippen LogP contribution in [-0.4, -0.2) is 97.9 Å². The Morgan fingerprint density at radius 2 is 1.63 bits per heavy atom. The van der Waals surface area contributed by atoms with Crippen molar-refractivity contribution in [3.8, 4) is 0 Å². The van der Waals surface area contributed by atoms with Gasteiger partial charge in [0.05, 0.1) is 13.1 Å². The van der Waals surface area contributed by atoms with Crippen molar-refractivity contribution in [1.82, 2.24) is 25.3 Å². The predicted octanol–water partition coefficient (Wildman–Crippen LogP) is 0.846. The molecule has 0 aromatic rings. The fraction of sp³-hybridized carbons (Fsp3) is 0.864. The first kappa shape index (κ1) is 24.4. The molecule has 0 spiro atoms. The van der Waals surface area contributed by atoms with Crippen molar-refractivity contribution in [2.24, 2.45) is 22.7 Å². The summed E-state index contributed by atoms with van der Waals surface area (Å²) < 4.78 is 0. The molecular formula is C22H42N6O2. The zero-order valence-corrected chi connectivity index (χ0v) is 19.6. The molecule has 30 heavy (non-hydrogen) atoms. The van der Waals surface area contributed by atoms with Gasteiger partial charge < -0.3 is 20.4 Å². The third kappa shape index (κ3) is 7.78. The van der Waals surface area contributed by atoms with E-state index in [1.54, 1.807) is 0 Å². The van der Waals surface area contributed by atoms with E-state index in [9.17, 15) is 9.59 Å². The third-order valence-corrected chi connectivity index (χ3v) is 5.78. The first-order chi connectivity index (χ1) is 14.3. The zero-order valence-electron chi connectivity index (χ0n) is 19.6. The van der Waals surface area contributed by atoms with Gasteiger partial charge in [0.25, 0.3) is 0 Å². The van der Waals surface area contributed by atoms with Gasteiger partial charge in [-0.2, -0.15) is 0 Å². The molecule has 2 unspecified atom stereocenters. The highest BCUT2D eigenvalue weighted by Crippen LogP contribution is 2.21. The number of hydrogen-bond acceptors (Lipinski definition) is 4. The van der Waals surface area contributed by atoms with Crippen molar-refractivity contribution >= 4 is 17.8 Å². The number of carbonyl (C=O) groups excluding carboxylic acids is 2. The summed E-state index contributed by atoms with van der Waals surface area (Å²) in [6.07, 6.45) is 1.22. The largest absolute Gasteiger partial charge is 0.357 e. The van der Waals surface area contributed by atoms with E-state index in [0.717, 1.165) is 51.8 Å². The molecule has 0 aliphatic carbocycles. The van der Waals surface area contributed by atoms with Crippen molar-refractivity contribution < 1.29 is 9.59 Å². The van der Waals surface area contributed by atoms with Crippen LogP contribution in [0.2, 0.25) is 0 Å². The summed E-state index contributed by atoms with van der Waals surface area (Å²) in [7, 11) is 0. The van der Waals surface area contributed by atoms with E-state index >= 15 is 0 Å². The number of piperazine rings is 1. The average Bonchev–Trinajstić information content (AvgIpc) is 2.70. The molecule has 0 aromatic carbocycles. The summed E-state index contributed by atoms with van der Waals surface area (Å²) in [5, 5.41) is 6.26. The summed E-state index contributed by atoms with van der Waals surface area (Å²) in [6, 6.07) is 0. The molecule has 2 amide bonds. The van der Waals surface area contributed by atoms with E-state index in [2.05, 4.69) is 51.1 Å². The fourth-order valence-electron chi connectivity index (χ4n) is 4.25. The van der Waals surface area contributed by atoms with Crippen molar-refractivity contribution in [1.29, 1.82) is 0 Å². The maximum Gasteiger partial charge on any atom is 0.236 e. The summed E-state index contributed by atoms with van der Waals surface area (Å²) in [6.45, 7) is 18.0. The average molecular weight is 423 g/mol. The molecule has 2 saturated heterocycles. The van der Waals surface area contributed by atoms with Gasteiger partial charge in [0.2, 0.25) is 11.8 Å². The normalized spacial score (nSPS) is 23.6. The molecule has 2 N–H and O–H groups in total. The highest BCUT2D eigenvalue weighted by Gasteiger charge is 2.28. The number of guanidine groups is 1. The van der Waals surface area contributed by atoms with Crippen LogP contribution in [0.3, 0.4) is 0 Å². The van der Waals surface area contributed by atoms with Crippen LogP contribution in [0.5, 0.6) is 0 Å². The molecule has 0 bridgehead atoms. The van der Waals surface area contributed by atoms with Crippen molar-refractivity contribution in [2.75, 3.05) is 65.4 Å². The number of aliphatic imine (C=N–C) groups is 1. The minimum Gasteiger partial charge on any atom is -0.357 e. The van der Waals surface area contributed by atoms with Gasteiger partial charge in [0.1, 0.15) is 0 Å². The smallest absolute Gasteiger partial charge is 0.236 e. The second-order valence-corrected chi connectivity index (χ2v) is 9.19. The van der Waals surface area contributed by atoms with Crippen LogP contribution in [0.1, 0.15) is 41.0 Å². The van der Waals surface area contributed by atoms with Crippen LogP contribution in [0.15, 0.2) is 4.99 Å². The predicted molar refractivity (Wildman–Crippen MR) is 121 cm³/mol. The van der Waals surface area contributed by atoms with Crippen molar-refractivity contribution in [3.63, 3.8) is 0 Å². The lowest BCUT2D eigenvalue weighted by molar-refractivity contribution is -0.135. The number of piperidine rings is 1. The van der Waals surface area contributed by atoms with E-state index in [-0.39, 0.29) is 17.7 Å². The van der Waals surface area contributed by atoms with E-state index in [1.165, 1.54) is 6.42 Å². The second kappa shape index (κ2) is 12.1. The number of nitrogens with zero attached hydrogens (tertiary/aromatic N) is 4. The molecule has 172 valence electrons. The van der Waals surface area contributed by atoms with E-state index in [1.807, 2.05) is 13.8 Å². The Kier molecular flexibility index (Phi) is 9.88. The molecule has 0 aromatic heterocycles. The minimum absolute atomic E-state index is 0.00522. The number of rotatable bonds is 7. The minimum atomic E-state index is -0.00522. The van der Waals surface area contributed by atoms with Gasteiger partial charge in [0.15, 0.2) is 5.96 Å². The maximum atomic E-state index is 12.8. The van der Waals surface area contributed by atoms with Crippen LogP contribution < -0.4 is 10.6 Å². The third-order valence-electron chi connectivity index (χ3n) is 5.78. The van der Waals surface area contributed by atoms with E-state index in [4.69, 9.17) is 0 Å². The van der Waals surface area contributed by atoms with Gasteiger partial charge in [-0.3, -0.25) is 19.5 Å². The standard InChI is InChI=1S/C22H42N6O2/c1-6-23-22(25-8-7-24-21(30)17(2)3)27-11-9-26(10-12-27)16-20(29)28-14-18(4)13-19(5)15-28/h17-19H,6-16H2,1-5H3,(H,23,25)(H,24,30). The summed E-state index contributed by atoms with van der Waals surface area (Å²) in [5.41, 5.74) is 0. The molecule has 8 nitrogen and oxygen atoms in total. The van der Waals surface area contributed by atoms with Gasteiger partial charge in [-0.05, 0) is 25.2 Å². The highest BCUT2D eigenvalue weighted by atomic mass is 16.2. The van der Waals surface area contributed by atoms with Crippen molar-refractivity contribution in [2.45, 2.75) is 41.0 Å². The van der Waals surface area contributed by atoms with Gasteiger partial charge in [0, 0.05) is 58.3 Å². The SMILES string of the molecule is CCNC(=NCCNC(=O)C(C)C)N1CCN(CC(=O)N2CC(C)CC(C)C2)CC1. The van der Waals surface area contributed by atoms with Crippen molar-refractivity contribution in [3.05, 3.63) is 0 Å². The molecular weight excluding hydrogens is 380 g/mol. The molecule has 2 aliphatic rings. The number of carbonyl (C=O) groups is 2. The van der Waals surface area contributed by atoms with Crippen LogP contribution in [0.25, 0.3) is 0 Å². The molecule has 8 heteroatoms. The molecule has 2 rings (SSSR count). The van der Waals surface area contributed by atoms with Gasteiger partial charge in [-0.25, -0.2) is 0 Å². The summed E-state index contributed by atoms with van der Waals surface area (Å²) in [5.74, 6) is 2.40. The lowest BCUT2D eigenvalue weighted by Crippen LogP contribution is -2.55. The lowest BCUT2D eigenvalue weighted by atomic mass is 9.92. The molecule has 2 heterocycles. The monoisotopic (exact) mass is 422 g/mol. The topological polar surface area (TPSA) is 80.3 Å². The van der Waals surface area contributed by atoms with Crippen LogP contribution in [-0.2, 0) is 9.59 Å². The molecule has 2 aliphatic heterocycles. The summed E-state index contributed by atoms with van der Waals surface area (Å²) in [4.78, 5) is 35.7. The van der Waals surface area contributed by atoms with E-state index in [0.29, 0.717) is 31.5 Å². The Hall–Kier alpha value is -1.83. The lowest BCUT2D eigenvalue weighted by Gasteiger charge is -2.39. The Balaban J connectivity index is 1.78. The van der Waals surface area contributed by atoms with Crippen LogP contribution >= 0.6 is 0 Å². The van der Waals surface area contributed by atoms with E-state index < -0.39 is 0 Å². The number of hydrogen-bond donors (Lipinski definition) is 2. The Morgan fingerprint density at radius 1 is 1.00 bits per heavy atom. The number of amides is 2. The Bertz CT molecular complexity index is 576. The van der Waals surface area contributed by atoms with Gasteiger partial charge >= 0.3 is 0 Å². The molecule has 0 saturated carbocycles. The highest BCUT2D eigenvalue weighted by molar-refractivity contribution is 5.81.